The molecule has 0 bridgehead atoms. The van der Waals surface area contributed by atoms with Crippen molar-refractivity contribution in [1.82, 2.24) is 15.5 Å². The van der Waals surface area contributed by atoms with Crippen molar-refractivity contribution in [2.45, 2.75) is 45.1 Å². The summed E-state index contributed by atoms with van der Waals surface area (Å²) in [5, 5.41) is 11.6. The zero-order valence-corrected chi connectivity index (χ0v) is 12.4. The molecule has 3 rings (SSSR count). The van der Waals surface area contributed by atoms with Gasteiger partial charge in [0.1, 0.15) is 0 Å². The number of hydrogen-bond acceptors (Lipinski definition) is 4. The molecule has 1 aromatic heterocycles. The van der Waals surface area contributed by atoms with Crippen LogP contribution in [0.1, 0.15) is 45.2 Å². The van der Waals surface area contributed by atoms with Crippen molar-refractivity contribution in [2.75, 3.05) is 18.0 Å². The first-order chi connectivity index (χ1) is 9.42. The summed E-state index contributed by atoms with van der Waals surface area (Å²) in [6.07, 6.45) is 2.49. The Balaban J connectivity index is 1.53. The van der Waals surface area contributed by atoms with Crippen LogP contribution < -0.4 is 10.2 Å². The Hall–Kier alpha value is -1.65. The maximum Gasteiger partial charge on any atom is 0.227 e. The monoisotopic (exact) mass is 274 g/mol. The number of aromatic nitrogens is 2. The van der Waals surface area contributed by atoms with E-state index >= 15 is 0 Å². The van der Waals surface area contributed by atoms with Gasteiger partial charge in [-0.15, -0.1) is 5.10 Å². The molecule has 2 heterocycles. The number of amides is 1. The average Bonchev–Trinajstić information content (AvgIpc) is 3.09. The topological polar surface area (TPSA) is 58.1 Å². The number of carbonyl (C=O) groups is 1. The van der Waals surface area contributed by atoms with Crippen LogP contribution in [-0.2, 0) is 4.79 Å². The second-order valence-corrected chi connectivity index (χ2v) is 6.93. The van der Waals surface area contributed by atoms with Crippen LogP contribution in [0.4, 0.5) is 5.82 Å². The molecule has 0 spiro atoms. The van der Waals surface area contributed by atoms with E-state index in [1.54, 1.807) is 0 Å². The molecule has 20 heavy (non-hydrogen) atoms. The first kappa shape index (κ1) is 13.3. The highest BCUT2D eigenvalue weighted by Crippen LogP contribution is 2.38. The first-order valence-electron chi connectivity index (χ1n) is 7.33. The Kier molecular flexibility index (Phi) is 3.15. The Bertz CT molecular complexity index is 496. The lowest BCUT2D eigenvalue weighted by Gasteiger charge is -2.40. The van der Waals surface area contributed by atoms with Gasteiger partial charge in [0, 0.05) is 24.5 Å². The highest BCUT2D eigenvalue weighted by Gasteiger charge is 2.35. The fraction of sp³-hybridized carbons (Fsp3) is 0.667. The first-order valence-corrected chi connectivity index (χ1v) is 7.33. The molecule has 0 aromatic carbocycles. The van der Waals surface area contributed by atoms with E-state index in [2.05, 4.69) is 26.5 Å². The summed E-state index contributed by atoms with van der Waals surface area (Å²) in [6, 6.07) is 4.10. The van der Waals surface area contributed by atoms with Crippen LogP contribution in [0.15, 0.2) is 12.1 Å². The average molecular weight is 274 g/mol. The van der Waals surface area contributed by atoms with Crippen LogP contribution in [-0.4, -0.2) is 34.7 Å². The lowest BCUT2D eigenvalue weighted by atomic mass is 9.97. The SMILES string of the molecule is CC(C)(C)NC(=O)C1CN(c2ccc(C3CC3)nn2)C1. The highest BCUT2D eigenvalue weighted by molar-refractivity contribution is 5.82. The van der Waals surface area contributed by atoms with Crippen molar-refractivity contribution in [3.8, 4) is 0 Å². The molecule has 1 saturated carbocycles. The molecule has 1 aromatic rings. The Morgan fingerprint density at radius 1 is 1.25 bits per heavy atom. The number of anilines is 1. The van der Waals surface area contributed by atoms with E-state index in [-0.39, 0.29) is 17.4 Å². The molecule has 1 aliphatic heterocycles. The van der Waals surface area contributed by atoms with Crippen molar-refractivity contribution in [1.29, 1.82) is 0 Å². The largest absolute Gasteiger partial charge is 0.353 e. The smallest absolute Gasteiger partial charge is 0.227 e. The third-order valence-corrected chi connectivity index (χ3v) is 3.74. The molecular formula is C15H22N4O. The summed E-state index contributed by atoms with van der Waals surface area (Å²) in [5.74, 6) is 1.72. The molecule has 0 radical (unpaired) electrons. The standard InChI is InChI=1S/C15H22N4O/c1-15(2,3)16-14(20)11-8-19(9-11)13-7-6-12(17-18-13)10-4-5-10/h6-7,10-11H,4-5,8-9H2,1-3H3,(H,16,20). The van der Waals surface area contributed by atoms with Gasteiger partial charge >= 0.3 is 0 Å². The molecule has 1 saturated heterocycles. The van der Waals surface area contributed by atoms with Crippen molar-refractivity contribution >= 4 is 11.7 Å². The number of carbonyl (C=O) groups excluding carboxylic acids is 1. The number of hydrogen-bond donors (Lipinski definition) is 1. The molecule has 2 fully saturated rings. The van der Waals surface area contributed by atoms with Gasteiger partial charge in [-0.25, -0.2) is 0 Å². The molecule has 0 unspecified atom stereocenters. The maximum atomic E-state index is 12.0. The van der Waals surface area contributed by atoms with Crippen molar-refractivity contribution in [2.24, 2.45) is 5.92 Å². The molecule has 2 aliphatic rings. The van der Waals surface area contributed by atoms with Gasteiger partial charge in [-0.05, 0) is 45.7 Å². The minimum atomic E-state index is -0.163. The third-order valence-electron chi connectivity index (χ3n) is 3.74. The summed E-state index contributed by atoms with van der Waals surface area (Å²) in [7, 11) is 0. The van der Waals surface area contributed by atoms with Crippen LogP contribution in [0.2, 0.25) is 0 Å². The third kappa shape index (κ3) is 2.92. The van der Waals surface area contributed by atoms with E-state index in [0.717, 1.165) is 24.6 Å². The quantitative estimate of drug-likeness (QED) is 0.911. The molecule has 5 nitrogen and oxygen atoms in total. The van der Waals surface area contributed by atoms with Crippen LogP contribution in [0.3, 0.4) is 0 Å². The second-order valence-electron chi connectivity index (χ2n) is 6.93. The van der Waals surface area contributed by atoms with Crippen LogP contribution in [0, 0.1) is 5.92 Å². The minimum absolute atomic E-state index is 0.0686. The van der Waals surface area contributed by atoms with Gasteiger partial charge < -0.3 is 10.2 Å². The van der Waals surface area contributed by atoms with E-state index in [0.29, 0.717) is 5.92 Å². The Morgan fingerprint density at radius 2 is 1.95 bits per heavy atom. The summed E-state index contributed by atoms with van der Waals surface area (Å²) in [5.41, 5.74) is 0.944. The summed E-state index contributed by atoms with van der Waals surface area (Å²) in [6.45, 7) is 7.48. The van der Waals surface area contributed by atoms with E-state index in [4.69, 9.17) is 0 Å². The summed E-state index contributed by atoms with van der Waals surface area (Å²) in [4.78, 5) is 14.1. The molecule has 1 amide bonds. The van der Waals surface area contributed by atoms with Crippen LogP contribution in [0.5, 0.6) is 0 Å². The predicted octanol–water partition coefficient (Wildman–Crippen LogP) is 1.70. The fourth-order valence-corrected chi connectivity index (χ4v) is 2.40. The van der Waals surface area contributed by atoms with Gasteiger partial charge in [-0.3, -0.25) is 4.79 Å². The number of rotatable bonds is 3. The van der Waals surface area contributed by atoms with Crippen molar-refractivity contribution < 1.29 is 4.79 Å². The van der Waals surface area contributed by atoms with Crippen LogP contribution in [0.25, 0.3) is 0 Å². The maximum absolute atomic E-state index is 12.0. The molecule has 1 N–H and O–H groups in total. The van der Waals surface area contributed by atoms with Gasteiger partial charge in [0.2, 0.25) is 5.91 Å². The fourth-order valence-electron chi connectivity index (χ4n) is 2.40. The van der Waals surface area contributed by atoms with Crippen molar-refractivity contribution in [3.05, 3.63) is 17.8 Å². The van der Waals surface area contributed by atoms with E-state index in [1.807, 2.05) is 26.8 Å². The lowest BCUT2D eigenvalue weighted by molar-refractivity contribution is -0.127. The van der Waals surface area contributed by atoms with E-state index in [9.17, 15) is 4.79 Å². The van der Waals surface area contributed by atoms with Gasteiger partial charge in [0.05, 0.1) is 11.6 Å². The predicted molar refractivity (Wildman–Crippen MR) is 77.6 cm³/mol. The van der Waals surface area contributed by atoms with Gasteiger partial charge in [-0.1, -0.05) is 0 Å². The lowest BCUT2D eigenvalue weighted by Crippen LogP contribution is -2.56. The zero-order valence-electron chi connectivity index (χ0n) is 12.4. The van der Waals surface area contributed by atoms with E-state index in [1.165, 1.54) is 12.8 Å². The Labute approximate surface area is 119 Å². The molecule has 108 valence electrons. The zero-order chi connectivity index (χ0) is 14.3. The molecule has 5 heteroatoms. The molecule has 1 aliphatic carbocycles. The van der Waals surface area contributed by atoms with Crippen LogP contribution >= 0.6 is 0 Å². The van der Waals surface area contributed by atoms with E-state index < -0.39 is 0 Å². The highest BCUT2D eigenvalue weighted by atomic mass is 16.2. The van der Waals surface area contributed by atoms with Crippen molar-refractivity contribution in [3.63, 3.8) is 0 Å². The number of nitrogens with zero attached hydrogens (tertiary/aromatic N) is 3. The normalized spacial score (nSPS) is 19.6. The molecular weight excluding hydrogens is 252 g/mol. The second kappa shape index (κ2) is 4.72. The summed E-state index contributed by atoms with van der Waals surface area (Å²) >= 11 is 0. The number of nitrogens with one attached hydrogen (secondary N) is 1. The molecule has 0 atom stereocenters. The minimum Gasteiger partial charge on any atom is -0.353 e. The van der Waals surface area contributed by atoms with Gasteiger partial charge in [0.25, 0.3) is 0 Å². The Morgan fingerprint density at radius 3 is 2.45 bits per heavy atom. The van der Waals surface area contributed by atoms with Gasteiger partial charge in [0.15, 0.2) is 5.82 Å². The summed E-state index contributed by atoms with van der Waals surface area (Å²) < 4.78 is 0. The van der Waals surface area contributed by atoms with Gasteiger partial charge in [-0.2, -0.15) is 5.10 Å².